The Morgan fingerprint density at radius 2 is 1.83 bits per heavy atom. The van der Waals surface area contributed by atoms with Crippen LogP contribution < -0.4 is 14.2 Å². The van der Waals surface area contributed by atoms with Crippen molar-refractivity contribution in [2.75, 3.05) is 18.9 Å². The van der Waals surface area contributed by atoms with E-state index in [-0.39, 0.29) is 16.6 Å². The van der Waals surface area contributed by atoms with Gasteiger partial charge in [-0.3, -0.25) is 0 Å². The summed E-state index contributed by atoms with van der Waals surface area (Å²) in [5.41, 5.74) is 1.53. The van der Waals surface area contributed by atoms with E-state index >= 15 is 0 Å². The van der Waals surface area contributed by atoms with E-state index in [1.54, 1.807) is 23.7 Å². The molecule has 0 aliphatic rings. The Hall–Kier alpha value is -2.74. The third-order valence-corrected chi connectivity index (χ3v) is 5.02. The van der Waals surface area contributed by atoms with E-state index < -0.39 is 10.0 Å². The zero-order valence-corrected chi connectivity index (χ0v) is 14.3. The number of benzene rings is 2. The standard InChI is InChI=1S/C16H17N3O4S/c1-19-13-7-5-4-6-12(13)17-16(19)18-24(20,21)15-10-11(22-2)8-9-14(15)23-3/h4-10H,1-3H3,(H,17,18). The number of hydrogen-bond donors (Lipinski definition) is 1. The Morgan fingerprint density at radius 3 is 2.50 bits per heavy atom. The lowest BCUT2D eigenvalue weighted by Gasteiger charge is -2.12. The van der Waals surface area contributed by atoms with Crippen LogP contribution in [0.5, 0.6) is 11.5 Å². The number of imidazole rings is 1. The highest BCUT2D eigenvalue weighted by Crippen LogP contribution is 2.30. The first-order chi connectivity index (χ1) is 11.5. The van der Waals surface area contributed by atoms with Crippen molar-refractivity contribution < 1.29 is 17.9 Å². The predicted molar refractivity (Wildman–Crippen MR) is 91.1 cm³/mol. The molecule has 3 aromatic rings. The Bertz CT molecular complexity index is 996. The fourth-order valence-corrected chi connectivity index (χ4v) is 3.63. The van der Waals surface area contributed by atoms with Gasteiger partial charge in [0, 0.05) is 13.1 Å². The number of sulfonamides is 1. The molecule has 1 N–H and O–H groups in total. The number of rotatable bonds is 5. The van der Waals surface area contributed by atoms with Crippen molar-refractivity contribution in [1.29, 1.82) is 0 Å². The number of aromatic nitrogens is 2. The van der Waals surface area contributed by atoms with Crippen LogP contribution in [0.15, 0.2) is 47.4 Å². The first-order valence-electron chi connectivity index (χ1n) is 7.12. The summed E-state index contributed by atoms with van der Waals surface area (Å²) >= 11 is 0. The van der Waals surface area contributed by atoms with Crippen LogP contribution in [0, 0.1) is 0 Å². The minimum absolute atomic E-state index is 0.0172. The maximum atomic E-state index is 12.8. The number of nitrogens with one attached hydrogen (secondary N) is 1. The maximum absolute atomic E-state index is 12.8. The van der Waals surface area contributed by atoms with Crippen LogP contribution in [0.1, 0.15) is 0 Å². The Labute approximate surface area is 139 Å². The van der Waals surface area contributed by atoms with Crippen LogP contribution in [-0.4, -0.2) is 32.2 Å². The van der Waals surface area contributed by atoms with E-state index in [0.717, 1.165) is 5.52 Å². The summed E-state index contributed by atoms with van der Waals surface area (Å²) in [6.07, 6.45) is 0. The zero-order valence-electron chi connectivity index (χ0n) is 13.5. The summed E-state index contributed by atoms with van der Waals surface area (Å²) in [6.45, 7) is 0. The molecule has 7 nitrogen and oxygen atoms in total. The van der Waals surface area contributed by atoms with Crippen LogP contribution in [0.4, 0.5) is 5.95 Å². The predicted octanol–water partition coefficient (Wildman–Crippen LogP) is 2.39. The summed E-state index contributed by atoms with van der Waals surface area (Å²) in [5.74, 6) is 0.865. The molecular formula is C16H17N3O4S. The van der Waals surface area contributed by atoms with Crippen molar-refractivity contribution in [3.8, 4) is 11.5 Å². The molecule has 0 atom stereocenters. The molecule has 0 aliphatic carbocycles. The van der Waals surface area contributed by atoms with Gasteiger partial charge in [0.25, 0.3) is 10.0 Å². The van der Waals surface area contributed by atoms with Gasteiger partial charge in [-0.15, -0.1) is 0 Å². The average molecular weight is 347 g/mol. The third kappa shape index (κ3) is 2.76. The van der Waals surface area contributed by atoms with Gasteiger partial charge >= 0.3 is 0 Å². The van der Waals surface area contributed by atoms with Gasteiger partial charge in [0.1, 0.15) is 16.4 Å². The topological polar surface area (TPSA) is 82.4 Å². The van der Waals surface area contributed by atoms with Gasteiger partial charge in [0.05, 0.1) is 25.3 Å². The van der Waals surface area contributed by atoms with Gasteiger partial charge < -0.3 is 14.0 Å². The van der Waals surface area contributed by atoms with Gasteiger partial charge in [-0.1, -0.05) is 12.1 Å². The molecule has 126 valence electrons. The Morgan fingerprint density at radius 1 is 1.08 bits per heavy atom. The largest absolute Gasteiger partial charge is 0.497 e. The molecule has 0 aliphatic heterocycles. The van der Waals surface area contributed by atoms with E-state index in [4.69, 9.17) is 9.47 Å². The number of methoxy groups -OCH3 is 2. The number of ether oxygens (including phenoxy) is 2. The van der Waals surface area contributed by atoms with Crippen LogP contribution >= 0.6 is 0 Å². The van der Waals surface area contributed by atoms with Crippen molar-refractivity contribution in [3.63, 3.8) is 0 Å². The van der Waals surface area contributed by atoms with Crippen molar-refractivity contribution in [2.45, 2.75) is 4.90 Å². The molecule has 0 amide bonds. The Kier molecular flexibility index (Phi) is 4.06. The quantitative estimate of drug-likeness (QED) is 0.766. The molecule has 0 saturated heterocycles. The number of fused-ring (bicyclic) bond motifs is 1. The van der Waals surface area contributed by atoms with E-state index in [0.29, 0.717) is 11.3 Å². The van der Waals surface area contributed by atoms with Crippen molar-refractivity contribution in [3.05, 3.63) is 42.5 Å². The summed E-state index contributed by atoms with van der Waals surface area (Å²) in [7, 11) is 0.731. The Balaban J connectivity index is 2.06. The van der Waals surface area contributed by atoms with Gasteiger partial charge in [-0.05, 0) is 24.3 Å². The third-order valence-electron chi connectivity index (χ3n) is 3.67. The minimum Gasteiger partial charge on any atom is -0.497 e. The summed E-state index contributed by atoms with van der Waals surface area (Å²) in [6, 6.07) is 12.0. The normalized spacial score (nSPS) is 11.5. The molecular weight excluding hydrogens is 330 g/mol. The minimum atomic E-state index is -3.90. The molecule has 0 spiro atoms. The molecule has 8 heteroatoms. The van der Waals surface area contributed by atoms with Crippen molar-refractivity contribution in [1.82, 2.24) is 9.55 Å². The van der Waals surface area contributed by atoms with Crippen LogP contribution in [-0.2, 0) is 17.1 Å². The van der Waals surface area contributed by atoms with Crippen molar-refractivity contribution >= 4 is 27.0 Å². The fraction of sp³-hybridized carbons (Fsp3) is 0.188. The van der Waals surface area contributed by atoms with Crippen molar-refractivity contribution in [2.24, 2.45) is 7.05 Å². The highest BCUT2D eigenvalue weighted by atomic mass is 32.2. The number of para-hydroxylation sites is 2. The summed E-state index contributed by atoms with van der Waals surface area (Å²) < 4.78 is 40.0. The number of aryl methyl sites for hydroxylation is 1. The van der Waals surface area contributed by atoms with Crippen LogP contribution in [0.25, 0.3) is 11.0 Å². The monoisotopic (exact) mass is 347 g/mol. The second-order valence-corrected chi connectivity index (χ2v) is 6.76. The lowest BCUT2D eigenvalue weighted by atomic mass is 10.3. The molecule has 24 heavy (non-hydrogen) atoms. The second-order valence-electron chi connectivity index (χ2n) is 5.11. The van der Waals surface area contributed by atoms with Crippen LogP contribution in [0.3, 0.4) is 0 Å². The van der Waals surface area contributed by atoms with Crippen LogP contribution in [0.2, 0.25) is 0 Å². The number of hydrogen-bond acceptors (Lipinski definition) is 5. The SMILES string of the molecule is COc1ccc(OC)c(S(=O)(=O)Nc2nc3ccccc3n2C)c1. The highest BCUT2D eigenvalue weighted by molar-refractivity contribution is 7.92. The molecule has 1 heterocycles. The van der Waals surface area contributed by atoms with Gasteiger partial charge in [0.2, 0.25) is 5.95 Å². The zero-order chi connectivity index (χ0) is 17.3. The van der Waals surface area contributed by atoms with Gasteiger partial charge in [-0.2, -0.15) is 0 Å². The number of nitrogens with zero attached hydrogens (tertiary/aromatic N) is 2. The molecule has 0 bridgehead atoms. The van der Waals surface area contributed by atoms with E-state index in [9.17, 15) is 8.42 Å². The fourth-order valence-electron chi connectivity index (χ4n) is 2.41. The molecule has 1 aromatic heterocycles. The lowest BCUT2D eigenvalue weighted by Crippen LogP contribution is -2.16. The molecule has 0 radical (unpaired) electrons. The molecule has 3 rings (SSSR count). The van der Waals surface area contributed by atoms with Gasteiger partial charge in [-0.25, -0.2) is 18.1 Å². The first kappa shape index (κ1) is 16.1. The summed E-state index contributed by atoms with van der Waals surface area (Å²) in [4.78, 5) is 4.30. The van der Waals surface area contributed by atoms with E-state index in [2.05, 4.69) is 9.71 Å². The molecule has 2 aromatic carbocycles. The molecule has 0 saturated carbocycles. The lowest BCUT2D eigenvalue weighted by molar-refractivity contribution is 0.392. The highest BCUT2D eigenvalue weighted by Gasteiger charge is 2.23. The maximum Gasteiger partial charge on any atom is 0.268 e. The van der Waals surface area contributed by atoms with Gasteiger partial charge in [0.15, 0.2) is 0 Å². The smallest absolute Gasteiger partial charge is 0.268 e. The number of anilines is 1. The molecule has 0 fully saturated rings. The van der Waals surface area contributed by atoms with E-state index in [1.807, 2.05) is 24.3 Å². The molecule has 0 unspecified atom stereocenters. The average Bonchev–Trinajstić information content (AvgIpc) is 2.90. The summed E-state index contributed by atoms with van der Waals surface area (Å²) in [5, 5.41) is 0. The van der Waals surface area contributed by atoms with E-state index in [1.165, 1.54) is 20.3 Å². The second kappa shape index (κ2) is 6.04. The first-order valence-corrected chi connectivity index (χ1v) is 8.61.